The molecule has 4 saturated carbocycles. The summed E-state index contributed by atoms with van der Waals surface area (Å²) in [5.74, 6) is 2.55. The van der Waals surface area contributed by atoms with E-state index in [1.54, 1.807) is 12.7 Å². The fourth-order valence-electron chi connectivity index (χ4n) is 11.5. The molecule has 196 valence electrons. The maximum absolute atomic E-state index is 13.4. The van der Waals surface area contributed by atoms with Gasteiger partial charge in [-0.15, -0.1) is 0 Å². The lowest BCUT2D eigenvalue weighted by Gasteiger charge is -2.70. The van der Waals surface area contributed by atoms with E-state index in [-0.39, 0.29) is 45.8 Å². The molecule has 0 bridgehead atoms. The monoisotopic (exact) mass is 484 g/mol. The molecule has 5 aliphatic carbocycles. The minimum absolute atomic E-state index is 0.0371. The second-order valence-corrected chi connectivity index (χ2v) is 14.8. The van der Waals surface area contributed by atoms with Crippen LogP contribution < -0.4 is 0 Å². The van der Waals surface area contributed by atoms with Gasteiger partial charge in [-0.2, -0.15) is 0 Å². The molecule has 0 aromatic rings. The van der Waals surface area contributed by atoms with Gasteiger partial charge in [0.15, 0.2) is 0 Å². The first-order valence-corrected chi connectivity index (χ1v) is 14.5. The number of methoxy groups -OCH3 is 1. The number of esters is 1. The van der Waals surface area contributed by atoms with Crippen molar-refractivity contribution in [3.8, 4) is 0 Å². The number of carbonyl (C=O) groups excluding carboxylic acids is 1. The third-order valence-corrected chi connectivity index (χ3v) is 13.9. The minimum Gasteiger partial charge on any atom is -0.469 e. The summed E-state index contributed by atoms with van der Waals surface area (Å²) < 4.78 is 11.7. The highest BCUT2D eigenvalue weighted by Gasteiger charge is 2.73. The Morgan fingerprint density at radius 1 is 1.09 bits per heavy atom. The van der Waals surface area contributed by atoms with E-state index in [2.05, 4.69) is 47.6 Å². The van der Waals surface area contributed by atoms with E-state index in [1.807, 2.05) is 0 Å². The Labute approximate surface area is 212 Å². The number of ether oxygens (including phenoxy) is 2. The van der Waals surface area contributed by atoms with E-state index in [4.69, 9.17) is 9.47 Å². The van der Waals surface area contributed by atoms with Crippen LogP contribution in [-0.2, 0) is 14.3 Å². The predicted molar refractivity (Wildman–Crippen MR) is 136 cm³/mol. The quantitative estimate of drug-likeness (QED) is 0.289. The summed E-state index contributed by atoms with van der Waals surface area (Å²) >= 11 is 0. The molecule has 1 heterocycles. The van der Waals surface area contributed by atoms with Crippen molar-refractivity contribution < 1.29 is 19.4 Å². The maximum Gasteiger partial charge on any atom is 0.312 e. The highest BCUT2D eigenvalue weighted by atomic mass is 16.6. The van der Waals surface area contributed by atoms with Crippen molar-refractivity contribution >= 4 is 5.97 Å². The van der Waals surface area contributed by atoms with Crippen LogP contribution in [0.25, 0.3) is 0 Å². The number of carbonyl (C=O) groups is 1. The van der Waals surface area contributed by atoms with Gasteiger partial charge in [-0.1, -0.05) is 53.2 Å². The minimum atomic E-state index is -0.342. The zero-order valence-electron chi connectivity index (χ0n) is 23.2. The average Bonchev–Trinajstić information content (AvgIpc) is 3.61. The molecule has 6 aliphatic rings. The van der Waals surface area contributed by atoms with Gasteiger partial charge in [-0.25, -0.2) is 0 Å². The molecule has 35 heavy (non-hydrogen) atoms. The van der Waals surface area contributed by atoms with Crippen molar-refractivity contribution in [1.82, 2.24) is 0 Å². The summed E-state index contributed by atoms with van der Waals surface area (Å²) in [5.41, 5.74) is 1.61. The van der Waals surface area contributed by atoms with Gasteiger partial charge in [0, 0.05) is 5.41 Å². The van der Waals surface area contributed by atoms with Gasteiger partial charge in [-0.05, 0) is 97.2 Å². The van der Waals surface area contributed by atoms with Crippen LogP contribution in [0.3, 0.4) is 0 Å². The summed E-state index contributed by atoms with van der Waals surface area (Å²) in [6.45, 7) is 15.0. The number of aliphatic hydroxyl groups excluding tert-OH is 1. The number of hydrogen-bond acceptors (Lipinski definition) is 4. The first kappa shape index (κ1) is 24.5. The number of epoxide rings is 1. The third-order valence-electron chi connectivity index (χ3n) is 13.9. The van der Waals surface area contributed by atoms with Gasteiger partial charge < -0.3 is 14.6 Å². The zero-order chi connectivity index (χ0) is 25.2. The van der Waals surface area contributed by atoms with E-state index in [9.17, 15) is 9.90 Å². The second kappa shape index (κ2) is 7.37. The first-order valence-electron chi connectivity index (χ1n) is 14.5. The molecular formula is C31H48O4. The van der Waals surface area contributed by atoms with E-state index < -0.39 is 0 Å². The van der Waals surface area contributed by atoms with Crippen molar-refractivity contribution in [2.24, 2.45) is 56.7 Å². The third kappa shape index (κ3) is 2.75. The number of allylic oxidation sites excluding steroid dienone is 2. The zero-order valence-corrected chi connectivity index (χ0v) is 23.2. The largest absolute Gasteiger partial charge is 0.469 e. The van der Waals surface area contributed by atoms with Crippen molar-refractivity contribution in [1.29, 1.82) is 0 Å². The smallest absolute Gasteiger partial charge is 0.312 e. The molecule has 1 aliphatic heterocycles. The van der Waals surface area contributed by atoms with Gasteiger partial charge in [0.05, 0.1) is 31.3 Å². The number of rotatable bonds is 2. The molecule has 0 amide bonds. The molecular weight excluding hydrogens is 436 g/mol. The Hall–Kier alpha value is -0.870. The molecule has 6 unspecified atom stereocenters. The highest BCUT2D eigenvalue weighted by Crippen LogP contribution is 2.77. The lowest BCUT2D eigenvalue weighted by Crippen LogP contribution is -2.65. The molecule has 0 spiro atoms. The first-order chi connectivity index (χ1) is 16.4. The molecule has 0 aromatic heterocycles. The van der Waals surface area contributed by atoms with Gasteiger partial charge in [-0.3, -0.25) is 4.79 Å². The normalized spacial score (nSPS) is 58.5. The Balaban J connectivity index is 1.45. The number of aliphatic hydroxyl groups is 1. The van der Waals surface area contributed by atoms with Crippen LogP contribution in [0.1, 0.15) is 92.9 Å². The standard InChI is InChI=1S/C31H48O4/c1-18-10-13-31(26(33)34-7)15-14-29(5)20(24(31)19(18)2)8-9-23-27(3)16-21-25(35-21)28(4,17-32)22(27)11-12-30(23,29)6/h8,18-19,21-25,32H,9-17H2,1-7H3/t18-,19+,21?,22?,23?,24?,25?,27+,28?,29-,30-,31+/m1/s1. The van der Waals surface area contributed by atoms with Crippen LogP contribution in [0.2, 0.25) is 0 Å². The summed E-state index contributed by atoms with van der Waals surface area (Å²) in [6, 6.07) is 0. The van der Waals surface area contributed by atoms with Crippen LogP contribution in [-0.4, -0.2) is 37.0 Å². The highest BCUT2D eigenvalue weighted by molar-refractivity contribution is 5.78. The van der Waals surface area contributed by atoms with Gasteiger partial charge in [0.1, 0.15) is 0 Å². The number of fused-ring (bicyclic) bond motifs is 8. The van der Waals surface area contributed by atoms with Gasteiger partial charge in [0.2, 0.25) is 0 Å². The van der Waals surface area contributed by atoms with Gasteiger partial charge >= 0.3 is 5.97 Å². The van der Waals surface area contributed by atoms with Crippen molar-refractivity contribution in [3.05, 3.63) is 11.6 Å². The fraction of sp³-hybridized carbons (Fsp3) is 0.903. The summed E-state index contributed by atoms with van der Waals surface area (Å²) in [5, 5.41) is 10.6. The van der Waals surface area contributed by atoms with Crippen molar-refractivity contribution in [2.45, 2.75) is 105 Å². The summed E-state index contributed by atoms with van der Waals surface area (Å²) in [6.07, 6.45) is 12.0. The average molecular weight is 485 g/mol. The molecule has 1 saturated heterocycles. The molecule has 0 radical (unpaired) electrons. The summed E-state index contributed by atoms with van der Waals surface area (Å²) in [4.78, 5) is 13.4. The summed E-state index contributed by atoms with van der Waals surface area (Å²) in [7, 11) is 1.59. The predicted octanol–water partition coefficient (Wildman–Crippen LogP) is 6.17. The SMILES string of the molecule is COC(=O)[C@]12CC[C@@H](C)[C@H](C)C1C1=CCC3[C@@]4(C)CC5OC5C(C)(CO)C4CC[C@@]3(C)[C@]1(C)CC2. The van der Waals surface area contributed by atoms with Crippen LogP contribution >= 0.6 is 0 Å². The maximum atomic E-state index is 13.4. The molecule has 0 aromatic carbocycles. The topological polar surface area (TPSA) is 59.1 Å². The van der Waals surface area contributed by atoms with Crippen LogP contribution in [0.15, 0.2) is 11.6 Å². The van der Waals surface area contributed by atoms with E-state index in [1.165, 1.54) is 12.8 Å². The van der Waals surface area contributed by atoms with Crippen LogP contribution in [0.4, 0.5) is 0 Å². The fourth-order valence-corrected chi connectivity index (χ4v) is 11.5. The Morgan fingerprint density at radius 3 is 2.51 bits per heavy atom. The van der Waals surface area contributed by atoms with E-state index in [0.717, 1.165) is 38.5 Å². The van der Waals surface area contributed by atoms with Crippen LogP contribution in [0, 0.1) is 56.7 Å². The molecule has 6 rings (SSSR count). The second-order valence-electron chi connectivity index (χ2n) is 14.8. The Morgan fingerprint density at radius 2 is 1.83 bits per heavy atom. The molecule has 1 N–H and O–H groups in total. The van der Waals surface area contributed by atoms with E-state index >= 15 is 0 Å². The van der Waals surface area contributed by atoms with E-state index in [0.29, 0.717) is 35.7 Å². The molecule has 5 fully saturated rings. The molecule has 12 atom stereocenters. The van der Waals surface area contributed by atoms with Gasteiger partial charge in [0.25, 0.3) is 0 Å². The lowest BCUT2D eigenvalue weighted by molar-refractivity contribution is -0.192. The molecule has 4 heteroatoms. The molecule has 4 nitrogen and oxygen atoms in total. The Kier molecular flexibility index (Phi) is 5.15. The van der Waals surface area contributed by atoms with Crippen LogP contribution in [0.5, 0.6) is 0 Å². The van der Waals surface area contributed by atoms with Crippen molar-refractivity contribution in [2.75, 3.05) is 13.7 Å². The number of hydrogen-bond donors (Lipinski definition) is 1. The lowest BCUT2D eigenvalue weighted by atomic mass is 9.33. The Bertz CT molecular complexity index is 958. The van der Waals surface area contributed by atoms with Crippen molar-refractivity contribution in [3.63, 3.8) is 0 Å².